The molecule has 4 aromatic rings. The first kappa shape index (κ1) is 19.7. The molecule has 2 aromatic heterocycles. The number of anilines is 1. The molecule has 10 heteroatoms. The number of aromatic nitrogens is 3. The van der Waals surface area contributed by atoms with E-state index in [9.17, 15) is 13.2 Å². The molecule has 0 aliphatic heterocycles. The summed E-state index contributed by atoms with van der Waals surface area (Å²) in [6.45, 7) is 1.95. The van der Waals surface area contributed by atoms with Crippen LogP contribution in [0.5, 0.6) is 0 Å². The molecule has 0 fully saturated rings. The van der Waals surface area contributed by atoms with Gasteiger partial charge in [0.25, 0.3) is 10.0 Å². The molecule has 0 bridgehead atoms. The fourth-order valence-corrected chi connectivity index (χ4v) is 5.83. The van der Waals surface area contributed by atoms with Gasteiger partial charge in [-0.2, -0.15) is 0 Å². The maximum Gasteiger partial charge on any atom is 0.328 e. The largest absolute Gasteiger partial charge is 0.328 e. The van der Waals surface area contributed by atoms with Gasteiger partial charge in [0.2, 0.25) is 0 Å². The Morgan fingerprint density at radius 3 is 2.38 bits per heavy atom. The van der Waals surface area contributed by atoms with Crippen LogP contribution >= 0.6 is 23.1 Å². The molecule has 2 heterocycles. The van der Waals surface area contributed by atoms with Crippen LogP contribution in [0.3, 0.4) is 0 Å². The molecule has 0 aliphatic rings. The van der Waals surface area contributed by atoms with Crippen molar-refractivity contribution in [3.05, 3.63) is 64.0 Å². The van der Waals surface area contributed by atoms with Gasteiger partial charge < -0.3 is 0 Å². The Balaban J connectivity index is 1.57. The molecule has 0 amide bonds. The number of sulfonamides is 1. The second-order valence-corrected chi connectivity index (χ2v) is 10.4. The van der Waals surface area contributed by atoms with Gasteiger partial charge in [-0.3, -0.25) is 13.9 Å². The molecular weight excluding hydrogens is 428 g/mol. The van der Waals surface area contributed by atoms with Gasteiger partial charge in [-0.15, -0.1) is 11.3 Å². The van der Waals surface area contributed by atoms with Gasteiger partial charge in [-0.1, -0.05) is 11.8 Å². The Bertz CT molecular complexity index is 1370. The minimum atomic E-state index is -3.79. The van der Waals surface area contributed by atoms with Crippen molar-refractivity contribution in [2.45, 2.75) is 21.1 Å². The van der Waals surface area contributed by atoms with Gasteiger partial charge in [0.15, 0.2) is 4.34 Å². The Morgan fingerprint density at radius 2 is 1.72 bits per heavy atom. The molecule has 150 valence electrons. The molecule has 29 heavy (non-hydrogen) atoms. The predicted molar refractivity (Wildman–Crippen MR) is 116 cm³/mol. The van der Waals surface area contributed by atoms with E-state index in [-0.39, 0.29) is 10.6 Å². The highest BCUT2D eigenvalue weighted by molar-refractivity contribution is 8.01. The summed E-state index contributed by atoms with van der Waals surface area (Å²) >= 11 is 3.11. The van der Waals surface area contributed by atoms with Crippen LogP contribution in [-0.2, 0) is 24.1 Å². The first-order chi connectivity index (χ1) is 13.7. The second-order valence-electron chi connectivity index (χ2n) is 6.54. The molecule has 2 aromatic carbocycles. The molecule has 7 nitrogen and oxygen atoms in total. The monoisotopic (exact) mass is 446 g/mol. The summed E-state index contributed by atoms with van der Waals surface area (Å²) in [7, 11) is -0.509. The van der Waals surface area contributed by atoms with Crippen molar-refractivity contribution in [2.75, 3.05) is 4.72 Å². The van der Waals surface area contributed by atoms with Crippen LogP contribution in [-0.4, -0.2) is 22.5 Å². The number of thiazole rings is 1. The minimum absolute atomic E-state index is 0.0999. The fourth-order valence-electron chi connectivity index (χ4n) is 2.94. The average molecular weight is 447 g/mol. The average Bonchev–Trinajstić information content (AvgIpc) is 3.20. The summed E-state index contributed by atoms with van der Waals surface area (Å²) in [5.41, 5.74) is 2.48. The zero-order chi connectivity index (χ0) is 20.8. The third kappa shape index (κ3) is 3.83. The van der Waals surface area contributed by atoms with Crippen molar-refractivity contribution in [2.24, 2.45) is 14.1 Å². The van der Waals surface area contributed by atoms with Crippen molar-refractivity contribution in [1.82, 2.24) is 14.1 Å². The SMILES string of the molecule is Cc1csc(Sc2ccc(NS(=O)(=O)c3ccc4c(c3)n(C)c(=O)n4C)cc2)n1. The summed E-state index contributed by atoms with van der Waals surface area (Å²) < 4.78 is 32.1. The van der Waals surface area contributed by atoms with Crippen molar-refractivity contribution in [3.63, 3.8) is 0 Å². The van der Waals surface area contributed by atoms with Gasteiger partial charge in [0.1, 0.15) is 0 Å². The Labute approximate surface area is 176 Å². The number of fused-ring (bicyclic) bond motifs is 1. The van der Waals surface area contributed by atoms with E-state index in [2.05, 4.69) is 9.71 Å². The van der Waals surface area contributed by atoms with Crippen LogP contribution in [0, 0.1) is 6.92 Å². The number of hydrogen-bond donors (Lipinski definition) is 1. The molecule has 0 aliphatic carbocycles. The van der Waals surface area contributed by atoms with E-state index in [4.69, 9.17) is 0 Å². The van der Waals surface area contributed by atoms with Crippen LogP contribution in [0.4, 0.5) is 5.69 Å². The lowest BCUT2D eigenvalue weighted by Gasteiger charge is -2.09. The standard InChI is InChI=1S/C19H18N4O3S3/c1-12-11-27-18(20-12)28-14-6-4-13(5-7-14)21-29(25,26)15-8-9-16-17(10-15)23(3)19(24)22(16)2/h4-11,21H,1-3H3. The van der Waals surface area contributed by atoms with E-state index >= 15 is 0 Å². The van der Waals surface area contributed by atoms with Crippen molar-refractivity contribution < 1.29 is 8.42 Å². The molecule has 4 rings (SSSR count). The van der Waals surface area contributed by atoms with E-state index in [0.29, 0.717) is 16.7 Å². The van der Waals surface area contributed by atoms with E-state index in [1.807, 2.05) is 24.4 Å². The van der Waals surface area contributed by atoms with E-state index in [1.165, 1.54) is 33.0 Å². The number of imidazole rings is 1. The fraction of sp³-hybridized carbons (Fsp3) is 0.158. The summed E-state index contributed by atoms with van der Waals surface area (Å²) in [4.78, 5) is 17.5. The molecule has 1 N–H and O–H groups in total. The number of aryl methyl sites for hydroxylation is 3. The Morgan fingerprint density at radius 1 is 1.03 bits per heavy atom. The quantitative estimate of drug-likeness (QED) is 0.506. The number of benzene rings is 2. The zero-order valence-corrected chi connectivity index (χ0v) is 18.4. The van der Waals surface area contributed by atoms with Gasteiger partial charge >= 0.3 is 5.69 Å². The predicted octanol–water partition coefficient (Wildman–Crippen LogP) is 3.59. The molecule has 0 unspecified atom stereocenters. The van der Waals surface area contributed by atoms with Gasteiger partial charge in [-0.25, -0.2) is 18.2 Å². The maximum absolute atomic E-state index is 12.8. The third-order valence-corrected chi connectivity index (χ3v) is 7.91. The molecule has 0 saturated carbocycles. The van der Waals surface area contributed by atoms with Crippen LogP contribution < -0.4 is 10.4 Å². The molecule has 0 spiro atoms. The third-order valence-electron chi connectivity index (χ3n) is 4.46. The van der Waals surface area contributed by atoms with E-state index < -0.39 is 10.0 Å². The molecule has 0 radical (unpaired) electrons. The highest BCUT2D eigenvalue weighted by atomic mass is 32.2. The Hall–Kier alpha value is -2.56. The lowest BCUT2D eigenvalue weighted by Crippen LogP contribution is -2.19. The van der Waals surface area contributed by atoms with E-state index in [1.54, 1.807) is 43.6 Å². The summed E-state index contributed by atoms with van der Waals surface area (Å²) in [6, 6.07) is 11.8. The van der Waals surface area contributed by atoms with Crippen LogP contribution in [0.15, 0.2) is 66.8 Å². The maximum atomic E-state index is 12.8. The minimum Gasteiger partial charge on any atom is -0.295 e. The first-order valence-corrected chi connectivity index (χ1v) is 11.8. The van der Waals surface area contributed by atoms with E-state index in [0.717, 1.165) is 14.9 Å². The number of nitrogens with zero attached hydrogens (tertiary/aromatic N) is 3. The highest BCUT2D eigenvalue weighted by Gasteiger charge is 2.17. The van der Waals surface area contributed by atoms with Crippen molar-refractivity contribution in [1.29, 1.82) is 0 Å². The van der Waals surface area contributed by atoms with Crippen molar-refractivity contribution in [3.8, 4) is 0 Å². The summed E-state index contributed by atoms with van der Waals surface area (Å²) in [6.07, 6.45) is 0. The van der Waals surface area contributed by atoms with Crippen molar-refractivity contribution >= 4 is 49.8 Å². The summed E-state index contributed by atoms with van der Waals surface area (Å²) in [5.74, 6) is 0. The topological polar surface area (TPSA) is 86.0 Å². The lowest BCUT2D eigenvalue weighted by molar-refractivity contribution is 0.601. The number of nitrogens with one attached hydrogen (secondary N) is 1. The van der Waals surface area contributed by atoms with Crippen LogP contribution in [0.25, 0.3) is 11.0 Å². The molecular formula is C19H18N4O3S3. The Kier molecular flexibility index (Phi) is 5.01. The normalized spacial score (nSPS) is 11.8. The second kappa shape index (κ2) is 7.36. The first-order valence-electron chi connectivity index (χ1n) is 8.63. The molecule has 0 atom stereocenters. The lowest BCUT2D eigenvalue weighted by atomic mass is 10.3. The van der Waals surface area contributed by atoms with Gasteiger partial charge in [-0.05, 0) is 49.4 Å². The molecule has 0 saturated heterocycles. The zero-order valence-electron chi connectivity index (χ0n) is 15.9. The van der Waals surface area contributed by atoms with Gasteiger partial charge in [0, 0.05) is 35.8 Å². The highest BCUT2D eigenvalue weighted by Crippen LogP contribution is 2.31. The van der Waals surface area contributed by atoms with Crippen LogP contribution in [0.1, 0.15) is 5.69 Å². The smallest absolute Gasteiger partial charge is 0.295 e. The van der Waals surface area contributed by atoms with Crippen LogP contribution in [0.2, 0.25) is 0 Å². The van der Waals surface area contributed by atoms with Gasteiger partial charge in [0.05, 0.1) is 15.9 Å². The summed E-state index contributed by atoms with van der Waals surface area (Å²) in [5, 5.41) is 1.99. The number of rotatable bonds is 5. The number of hydrogen-bond acceptors (Lipinski definition) is 6.